The van der Waals surface area contributed by atoms with Crippen molar-refractivity contribution in [2.24, 2.45) is 0 Å². The molecule has 232 valence electrons. The van der Waals surface area contributed by atoms with E-state index >= 15 is 0 Å². The van der Waals surface area contributed by atoms with E-state index in [1.165, 1.54) is 0 Å². The normalized spacial score (nSPS) is 14.1. The zero-order valence-electron chi connectivity index (χ0n) is 27.9. The highest BCUT2D eigenvalue weighted by molar-refractivity contribution is 6.92. The Morgan fingerprint density at radius 2 is 0.795 bits per heavy atom. The largest absolute Gasteiger partial charge is 0.638 e. The average molecular weight is 655 g/mol. The van der Waals surface area contributed by atoms with Crippen molar-refractivity contribution in [3.05, 3.63) is 24.3 Å². The number of hydrogen-bond acceptors (Lipinski definition) is 7. The zero-order chi connectivity index (χ0) is 30.8. The fraction of sp³-hybridized carbons (Fsp3) is 0.846. The summed E-state index contributed by atoms with van der Waals surface area (Å²) in [4.78, 5) is 0. The van der Waals surface area contributed by atoms with Gasteiger partial charge in [0.2, 0.25) is 0 Å². The smallest absolute Gasteiger partial charge is 0.436 e. The fourth-order valence-electron chi connectivity index (χ4n) is 3.77. The molecule has 0 saturated heterocycles. The van der Waals surface area contributed by atoms with Crippen LogP contribution in [0, 0.1) is 0 Å². The summed E-state index contributed by atoms with van der Waals surface area (Å²) in [6, 6.07) is 1.56. The Hall–Kier alpha value is 0.501. The Bertz CT molecular complexity index is 687. The third kappa shape index (κ3) is 21.8. The van der Waals surface area contributed by atoms with Crippen LogP contribution in [-0.2, 0) is 30.0 Å². The van der Waals surface area contributed by atoms with E-state index < -0.39 is 50.9 Å². The topological polar surface area (TPSA) is 64.6 Å². The van der Waals surface area contributed by atoms with Gasteiger partial charge in [0.25, 0.3) is 0 Å². The van der Waals surface area contributed by atoms with Gasteiger partial charge in [-0.05, 0) is 117 Å². The van der Waals surface area contributed by atoms with E-state index in [4.69, 9.17) is 30.0 Å². The summed E-state index contributed by atoms with van der Waals surface area (Å²) in [5, 5.41) is 0. The van der Waals surface area contributed by atoms with Crippen LogP contribution in [0.3, 0.4) is 0 Å². The molecule has 0 rings (SSSR count). The number of ether oxygens (including phenoxy) is 2. The Morgan fingerprint density at radius 3 is 1.05 bits per heavy atom. The first-order chi connectivity index (χ1) is 17.4. The Labute approximate surface area is 248 Å². The molecule has 13 heteroatoms. The minimum atomic E-state index is -3.58. The summed E-state index contributed by atoms with van der Waals surface area (Å²) in [5.74, 6) is 0. The predicted octanol–water partition coefficient (Wildman–Crippen LogP) is 8.25. The maximum Gasteiger partial charge on any atom is 0.638 e. The SMILES string of the molecule is C=C(C)COCCC[Si](CCCOCC(=C)C)(O[Si](C)(C)C)O[Si](O[Si](C)(C)C)(O[Si](C)(C)C)O[Si](C)(C)C. The van der Waals surface area contributed by atoms with Gasteiger partial charge in [-0.2, -0.15) is 0 Å². The van der Waals surface area contributed by atoms with Crippen LogP contribution in [0.1, 0.15) is 26.7 Å². The second-order valence-corrected chi connectivity index (χ2v) is 39.4. The molecule has 0 heterocycles. The van der Waals surface area contributed by atoms with Crippen molar-refractivity contribution >= 4 is 50.9 Å². The molecule has 0 aliphatic heterocycles. The van der Waals surface area contributed by atoms with Gasteiger partial charge in [0.1, 0.15) is 0 Å². The molecule has 0 aliphatic carbocycles. The number of hydrogen-bond donors (Lipinski definition) is 0. The van der Waals surface area contributed by atoms with E-state index in [-0.39, 0.29) is 0 Å². The van der Waals surface area contributed by atoms with Crippen LogP contribution in [0.25, 0.3) is 0 Å². The Morgan fingerprint density at radius 1 is 0.487 bits per heavy atom. The van der Waals surface area contributed by atoms with E-state index in [1.54, 1.807) is 0 Å². The van der Waals surface area contributed by atoms with E-state index in [0.29, 0.717) is 26.4 Å². The maximum absolute atomic E-state index is 7.37. The first-order valence-electron chi connectivity index (χ1n) is 14.3. The summed E-state index contributed by atoms with van der Waals surface area (Å²) >= 11 is 0. The predicted molar refractivity (Wildman–Crippen MR) is 180 cm³/mol. The highest BCUT2D eigenvalue weighted by atomic mass is 28.6. The highest BCUT2D eigenvalue weighted by Crippen LogP contribution is 2.35. The number of rotatable bonds is 22. The minimum absolute atomic E-state index is 0.563. The van der Waals surface area contributed by atoms with Crippen molar-refractivity contribution in [1.82, 2.24) is 0 Å². The molecule has 0 aliphatic rings. The van der Waals surface area contributed by atoms with Gasteiger partial charge in [0.05, 0.1) is 13.2 Å². The molecule has 0 amide bonds. The van der Waals surface area contributed by atoms with E-state index in [1.807, 2.05) is 13.8 Å². The fourth-order valence-corrected chi connectivity index (χ4v) is 26.1. The van der Waals surface area contributed by atoms with Crippen molar-refractivity contribution in [3.63, 3.8) is 0 Å². The minimum Gasteiger partial charge on any atom is -0.436 e. The second-order valence-electron chi connectivity index (χ2n) is 14.6. The van der Waals surface area contributed by atoms with Gasteiger partial charge in [0.15, 0.2) is 33.3 Å². The van der Waals surface area contributed by atoms with E-state index in [2.05, 4.69) is 91.7 Å². The average Bonchev–Trinajstić information content (AvgIpc) is 2.60. The molecule has 0 aromatic rings. The van der Waals surface area contributed by atoms with Crippen LogP contribution in [0.15, 0.2) is 24.3 Å². The second kappa shape index (κ2) is 16.4. The van der Waals surface area contributed by atoms with Gasteiger partial charge in [-0.25, -0.2) is 0 Å². The van der Waals surface area contributed by atoms with Crippen molar-refractivity contribution in [1.29, 1.82) is 0 Å². The first-order valence-corrected chi connectivity index (χ1v) is 31.8. The van der Waals surface area contributed by atoms with Crippen molar-refractivity contribution in [2.45, 2.75) is 117 Å². The maximum atomic E-state index is 7.37. The molecular formula is C26H62O7Si6. The quantitative estimate of drug-likeness (QED) is 0.0662. The third-order valence-electron chi connectivity index (χ3n) is 4.49. The lowest BCUT2D eigenvalue weighted by Gasteiger charge is -2.47. The monoisotopic (exact) mass is 654 g/mol. The lowest BCUT2D eigenvalue weighted by molar-refractivity contribution is 0.123. The summed E-state index contributed by atoms with van der Waals surface area (Å²) in [6.07, 6.45) is 1.65. The molecule has 0 saturated carbocycles. The summed E-state index contributed by atoms with van der Waals surface area (Å²) in [7, 11) is -14.9. The van der Waals surface area contributed by atoms with Crippen molar-refractivity contribution in [3.8, 4) is 0 Å². The zero-order valence-corrected chi connectivity index (χ0v) is 33.9. The van der Waals surface area contributed by atoms with Crippen LogP contribution in [0.4, 0.5) is 0 Å². The van der Waals surface area contributed by atoms with Crippen LogP contribution in [0.2, 0.25) is 90.7 Å². The lowest BCUT2D eigenvalue weighted by Crippen LogP contribution is -2.68. The summed E-state index contributed by atoms with van der Waals surface area (Å²) < 4.78 is 47.1. The van der Waals surface area contributed by atoms with Gasteiger partial charge in [-0.15, -0.1) is 0 Å². The van der Waals surface area contributed by atoms with Crippen molar-refractivity contribution in [2.75, 3.05) is 26.4 Å². The molecule has 0 aromatic carbocycles. The van der Waals surface area contributed by atoms with Crippen LogP contribution >= 0.6 is 0 Å². The molecule has 0 aromatic heterocycles. The van der Waals surface area contributed by atoms with Gasteiger partial charge >= 0.3 is 17.6 Å². The van der Waals surface area contributed by atoms with Crippen LogP contribution in [-0.4, -0.2) is 77.3 Å². The Balaban J connectivity index is 6.60. The first kappa shape index (κ1) is 39.5. The molecule has 0 radical (unpaired) electrons. The molecule has 0 bridgehead atoms. The molecular weight excluding hydrogens is 593 g/mol. The van der Waals surface area contributed by atoms with Gasteiger partial charge in [-0.1, -0.05) is 24.3 Å². The standard InChI is InChI=1S/C26H62O7Si6/c1-25(2)23-27-19-17-21-38(29-34(5,6)7,22-18-20-28-24-26(3)4)33-39(30-35(8,9)10,31-36(11,12)13)32-37(14,15)16/h1,3,17-24H2,2,4-16H3. The van der Waals surface area contributed by atoms with Gasteiger partial charge < -0.3 is 30.0 Å². The molecule has 0 atom stereocenters. The molecule has 0 fully saturated rings. The van der Waals surface area contributed by atoms with Crippen LogP contribution in [0.5, 0.6) is 0 Å². The molecule has 7 nitrogen and oxygen atoms in total. The molecule has 0 unspecified atom stereocenters. The third-order valence-corrected chi connectivity index (χ3v) is 23.5. The summed E-state index contributed by atoms with van der Waals surface area (Å²) in [5.41, 5.74) is 2.04. The lowest BCUT2D eigenvalue weighted by atomic mass is 10.4. The van der Waals surface area contributed by atoms with E-state index in [9.17, 15) is 0 Å². The Kier molecular flexibility index (Phi) is 16.6. The summed E-state index contributed by atoms with van der Waals surface area (Å²) in [6.45, 7) is 40.6. The van der Waals surface area contributed by atoms with Crippen LogP contribution < -0.4 is 0 Å². The van der Waals surface area contributed by atoms with Gasteiger partial charge in [0, 0.05) is 13.2 Å². The highest BCUT2D eigenvalue weighted by Gasteiger charge is 2.59. The molecule has 39 heavy (non-hydrogen) atoms. The van der Waals surface area contributed by atoms with Gasteiger partial charge in [-0.3, -0.25) is 0 Å². The molecule has 0 N–H and O–H groups in total. The van der Waals surface area contributed by atoms with Crippen molar-refractivity contribution < 1.29 is 30.0 Å². The van der Waals surface area contributed by atoms with E-state index in [0.717, 1.165) is 36.1 Å². The molecule has 0 spiro atoms.